The van der Waals surface area contributed by atoms with Crippen LogP contribution in [0.1, 0.15) is 28.8 Å². The maximum absolute atomic E-state index is 13.0. The molecule has 0 spiro atoms. The van der Waals surface area contributed by atoms with Crippen molar-refractivity contribution in [1.82, 2.24) is 15.2 Å². The van der Waals surface area contributed by atoms with Gasteiger partial charge in [-0.25, -0.2) is 9.37 Å². The van der Waals surface area contributed by atoms with E-state index in [0.29, 0.717) is 10.7 Å². The average molecular weight is 398 g/mol. The van der Waals surface area contributed by atoms with Gasteiger partial charge in [0.25, 0.3) is 5.91 Å². The minimum Gasteiger partial charge on any atom is -0.349 e. The summed E-state index contributed by atoms with van der Waals surface area (Å²) in [5.74, 6) is -0.272. The highest BCUT2D eigenvalue weighted by molar-refractivity contribution is 6.29. The lowest BCUT2D eigenvalue weighted by Gasteiger charge is -2.32. The van der Waals surface area contributed by atoms with E-state index < -0.39 is 0 Å². The number of halogens is 2. The van der Waals surface area contributed by atoms with Crippen molar-refractivity contribution in [2.75, 3.05) is 13.1 Å². The highest BCUT2D eigenvalue weighted by Crippen LogP contribution is 2.18. The van der Waals surface area contributed by atoms with Crippen LogP contribution < -0.4 is 5.32 Å². The molecule has 0 atom stereocenters. The second-order valence-electron chi connectivity index (χ2n) is 7.19. The molecule has 1 amide bonds. The molecule has 2 aromatic carbocycles. The van der Waals surface area contributed by atoms with Gasteiger partial charge in [0.2, 0.25) is 0 Å². The lowest BCUT2D eigenvalue weighted by molar-refractivity contribution is 0.0909. The number of nitrogens with zero attached hydrogens (tertiary/aromatic N) is 2. The van der Waals surface area contributed by atoms with Gasteiger partial charge in [0.1, 0.15) is 11.0 Å². The molecule has 0 saturated carbocycles. The Morgan fingerprint density at radius 2 is 1.86 bits per heavy atom. The summed E-state index contributed by atoms with van der Waals surface area (Å²) in [6.45, 7) is 2.62. The number of nitrogens with one attached hydrogen (secondary N) is 1. The molecule has 1 aliphatic heterocycles. The van der Waals surface area contributed by atoms with E-state index >= 15 is 0 Å². The van der Waals surface area contributed by atoms with E-state index in [4.69, 9.17) is 11.6 Å². The minimum absolute atomic E-state index is 0.0613. The molecule has 2 heterocycles. The van der Waals surface area contributed by atoms with Crippen molar-refractivity contribution in [2.45, 2.75) is 25.4 Å². The molecule has 144 valence electrons. The molecule has 0 aliphatic carbocycles. The van der Waals surface area contributed by atoms with E-state index in [9.17, 15) is 9.18 Å². The summed E-state index contributed by atoms with van der Waals surface area (Å²) in [5, 5.41) is 4.48. The van der Waals surface area contributed by atoms with Crippen LogP contribution in [0.25, 0.3) is 10.9 Å². The zero-order chi connectivity index (χ0) is 19.5. The number of hydrogen-bond donors (Lipinski definition) is 1. The van der Waals surface area contributed by atoms with Crippen LogP contribution in [0, 0.1) is 5.82 Å². The quantitative estimate of drug-likeness (QED) is 0.663. The summed E-state index contributed by atoms with van der Waals surface area (Å²) >= 11 is 5.91. The Balaban J connectivity index is 1.32. The number of piperidine rings is 1. The third kappa shape index (κ3) is 4.49. The van der Waals surface area contributed by atoms with Gasteiger partial charge in [0.05, 0.1) is 5.52 Å². The molecule has 6 heteroatoms. The van der Waals surface area contributed by atoms with Crippen molar-refractivity contribution in [3.05, 3.63) is 76.7 Å². The highest BCUT2D eigenvalue weighted by Gasteiger charge is 2.21. The summed E-state index contributed by atoms with van der Waals surface area (Å²) in [6, 6.07) is 15.8. The molecule has 0 bridgehead atoms. The van der Waals surface area contributed by atoms with E-state index in [1.54, 1.807) is 12.1 Å². The largest absolute Gasteiger partial charge is 0.349 e. The number of likely N-dealkylation sites (tertiary alicyclic amines) is 1. The number of aromatic nitrogens is 1. The Kier molecular flexibility index (Phi) is 5.55. The topological polar surface area (TPSA) is 45.2 Å². The molecule has 0 unspecified atom stereocenters. The first-order valence-corrected chi connectivity index (χ1v) is 9.78. The average Bonchev–Trinajstić information content (AvgIpc) is 2.70. The Labute approximate surface area is 168 Å². The summed E-state index contributed by atoms with van der Waals surface area (Å²) in [6.07, 6.45) is 1.80. The second-order valence-corrected chi connectivity index (χ2v) is 7.58. The first kappa shape index (κ1) is 18.8. The molecule has 28 heavy (non-hydrogen) atoms. The fourth-order valence-corrected chi connectivity index (χ4v) is 3.75. The molecular weight excluding hydrogens is 377 g/mol. The van der Waals surface area contributed by atoms with Crippen molar-refractivity contribution in [2.24, 2.45) is 0 Å². The second kappa shape index (κ2) is 8.25. The molecule has 1 fully saturated rings. The SMILES string of the molecule is O=C(NC1CCN(Cc2ccc(F)cc2)CC1)c1ccc2nc(Cl)ccc2c1. The van der Waals surface area contributed by atoms with Gasteiger partial charge < -0.3 is 5.32 Å². The smallest absolute Gasteiger partial charge is 0.251 e. The lowest BCUT2D eigenvalue weighted by Crippen LogP contribution is -2.44. The first-order valence-electron chi connectivity index (χ1n) is 9.41. The Hall–Kier alpha value is -2.50. The summed E-state index contributed by atoms with van der Waals surface area (Å²) < 4.78 is 13.0. The van der Waals surface area contributed by atoms with Crippen molar-refractivity contribution in [3.8, 4) is 0 Å². The monoisotopic (exact) mass is 397 g/mol. The van der Waals surface area contributed by atoms with Gasteiger partial charge in [-0.2, -0.15) is 0 Å². The summed E-state index contributed by atoms with van der Waals surface area (Å²) in [7, 11) is 0. The van der Waals surface area contributed by atoms with E-state index in [-0.39, 0.29) is 17.8 Å². The molecule has 1 aliphatic rings. The van der Waals surface area contributed by atoms with Gasteiger partial charge in [-0.15, -0.1) is 0 Å². The third-order valence-corrected chi connectivity index (χ3v) is 5.37. The van der Waals surface area contributed by atoms with Gasteiger partial charge in [0, 0.05) is 36.6 Å². The Morgan fingerprint density at radius 1 is 1.11 bits per heavy atom. The highest BCUT2D eigenvalue weighted by atomic mass is 35.5. The van der Waals surface area contributed by atoms with E-state index in [1.165, 1.54) is 12.1 Å². The Bertz CT molecular complexity index is 985. The standard InChI is InChI=1S/C22H21ClFN3O/c23-21-8-4-16-13-17(3-7-20(16)26-21)22(28)25-19-9-11-27(12-10-19)14-15-1-5-18(24)6-2-15/h1-8,13,19H,9-12,14H2,(H,25,28). The number of hydrogen-bond acceptors (Lipinski definition) is 3. The molecule has 1 N–H and O–H groups in total. The van der Waals surface area contributed by atoms with E-state index in [2.05, 4.69) is 15.2 Å². The summed E-state index contributed by atoms with van der Waals surface area (Å²) in [5.41, 5.74) is 2.51. The molecular formula is C22H21ClFN3O. The van der Waals surface area contributed by atoms with Crippen LogP contribution in [0.5, 0.6) is 0 Å². The molecule has 3 aromatic rings. The van der Waals surface area contributed by atoms with Crippen LogP contribution in [0.4, 0.5) is 4.39 Å². The zero-order valence-corrected chi connectivity index (χ0v) is 16.1. The maximum Gasteiger partial charge on any atom is 0.251 e. The van der Waals surface area contributed by atoms with Gasteiger partial charge in [-0.1, -0.05) is 23.7 Å². The first-order chi connectivity index (χ1) is 13.6. The van der Waals surface area contributed by atoms with Gasteiger partial charge >= 0.3 is 0 Å². The van der Waals surface area contributed by atoms with Crippen molar-refractivity contribution in [3.63, 3.8) is 0 Å². The molecule has 1 saturated heterocycles. The van der Waals surface area contributed by atoms with E-state index in [0.717, 1.165) is 48.9 Å². The molecule has 4 nitrogen and oxygen atoms in total. The molecule has 0 radical (unpaired) electrons. The molecule has 1 aromatic heterocycles. The predicted molar refractivity (Wildman–Crippen MR) is 109 cm³/mol. The fourth-order valence-electron chi connectivity index (χ4n) is 3.59. The fraction of sp³-hybridized carbons (Fsp3) is 0.273. The predicted octanol–water partition coefficient (Wildman–Crippen LogP) is 4.42. The van der Waals surface area contributed by atoms with Crippen LogP contribution in [0.2, 0.25) is 5.15 Å². The number of benzene rings is 2. The minimum atomic E-state index is -0.210. The van der Waals surface area contributed by atoms with Gasteiger partial charge in [-0.05, 0) is 60.9 Å². The maximum atomic E-state index is 13.0. The van der Waals surface area contributed by atoms with Crippen LogP contribution in [0.15, 0.2) is 54.6 Å². The van der Waals surface area contributed by atoms with Crippen LogP contribution >= 0.6 is 11.6 Å². The van der Waals surface area contributed by atoms with Crippen molar-refractivity contribution >= 4 is 28.4 Å². The van der Waals surface area contributed by atoms with Crippen LogP contribution in [-0.2, 0) is 6.54 Å². The number of pyridine rings is 1. The van der Waals surface area contributed by atoms with E-state index in [1.807, 2.05) is 30.3 Å². The van der Waals surface area contributed by atoms with Crippen LogP contribution in [-0.4, -0.2) is 34.9 Å². The Morgan fingerprint density at radius 3 is 2.61 bits per heavy atom. The summed E-state index contributed by atoms with van der Waals surface area (Å²) in [4.78, 5) is 19.2. The normalized spacial score (nSPS) is 15.6. The zero-order valence-electron chi connectivity index (χ0n) is 15.4. The number of rotatable bonds is 4. The molecule has 4 rings (SSSR count). The number of amides is 1. The van der Waals surface area contributed by atoms with Crippen molar-refractivity contribution < 1.29 is 9.18 Å². The third-order valence-electron chi connectivity index (χ3n) is 5.16. The number of carbonyl (C=O) groups excluding carboxylic acids is 1. The van der Waals surface area contributed by atoms with Crippen LogP contribution in [0.3, 0.4) is 0 Å². The van der Waals surface area contributed by atoms with Gasteiger partial charge in [-0.3, -0.25) is 9.69 Å². The number of fused-ring (bicyclic) bond motifs is 1. The number of carbonyl (C=O) groups is 1. The van der Waals surface area contributed by atoms with Crippen molar-refractivity contribution in [1.29, 1.82) is 0 Å². The van der Waals surface area contributed by atoms with Gasteiger partial charge in [0.15, 0.2) is 0 Å². The lowest BCUT2D eigenvalue weighted by atomic mass is 10.0.